The third-order valence-corrected chi connectivity index (χ3v) is 3.15. The summed E-state index contributed by atoms with van der Waals surface area (Å²) in [5, 5.41) is 3.51. The van der Waals surface area contributed by atoms with Crippen LogP contribution < -0.4 is 5.32 Å². The molecular weight excluding hydrogens is 214 g/mol. The molecule has 0 radical (unpaired) electrons. The Morgan fingerprint density at radius 3 is 2.12 bits per heavy atom. The molecule has 1 N–H and O–H groups in total. The zero-order valence-electron chi connectivity index (χ0n) is 10.4. The van der Waals surface area contributed by atoms with Gasteiger partial charge in [0.2, 0.25) is 0 Å². The lowest BCUT2D eigenvalue weighted by Crippen LogP contribution is -2.14. The van der Waals surface area contributed by atoms with Crippen molar-refractivity contribution < 1.29 is 0 Å². The Morgan fingerprint density at radius 1 is 1.06 bits per heavy atom. The molecule has 1 aromatic rings. The number of rotatable bonds is 7. The van der Waals surface area contributed by atoms with E-state index in [1.54, 1.807) is 0 Å². The van der Waals surface area contributed by atoms with Crippen LogP contribution in [-0.4, -0.2) is 6.54 Å². The van der Waals surface area contributed by atoms with Crippen LogP contribution in [0.5, 0.6) is 0 Å². The van der Waals surface area contributed by atoms with E-state index in [0.29, 0.717) is 0 Å². The number of hydrogen-bond donors (Lipinski definition) is 2. The summed E-state index contributed by atoms with van der Waals surface area (Å²) in [5.41, 5.74) is 1.20. The third kappa shape index (κ3) is 4.93. The zero-order chi connectivity index (χ0) is 11.8. The van der Waals surface area contributed by atoms with Gasteiger partial charge in [-0.05, 0) is 43.0 Å². The Kier molecular flexibility index (Phi) is 6.39. The van der Waals surface area contributed by atoms with Gasteiger partial charge in [-0.1, -0.05) is 26.7 Å². The zero-order valence-corrected chi connectivity index (χ0v) is 11.3. The maximum absolute atomic E-state index is 4.28. The third-order valence-electron chi connectivity index (χ3n) is 2.86. The monoisotopic (exact) mass is 237 g/mol. The lowest BCUT2D eigenvalue weighted by Gasteiger charge is -2.16. The first-order chi connectivity index (χ1) is 7.76. The summed E-state index contributed by atoms with van der Waals surface area (Å²) in [5.74, 6) is 0.811. The van der Waals surface area contributed by atoms with Crippen molar-refractivity contribution >= 4 is 18.3 Å². The Morgan fingerprint density at radius 2 is 1.62 bits per heavy atom. The van der Waals surface area contributed by atoms with Crippen molar-refractivity contribution in [1.82, 2.24) is 0 Å². The molecule has 90 valence electrons. The van der Waals surface area contributed by atoms with Gasteiger partial charge in [-0.15, -0.1) is 12.6 Å². The molecule has 0 heterocycles. The van der Waals surface area contributed by atoms with Gasteiger partial charge in [0.15, 0.2) is 0 Å². The molecular formula is C14H23NS. The van der Waals surface area contributed by atoms with Crippen molar-refractivity contribution in [2.45, 2.75) is 44.4 Å². The fraction of sp³-hybridized carbons (Fsp3) is 0.571. The van der Waals surface area contributed by atoms with Crippen LogP contribution in [0, 0.1) is 5.92 Å². The molecule has 0 aliphatic heterocycles. The molecule has 0 unspecified atom stereocenters. The van der Waals surface area contributed by atoms with Crippen LogP contribution in [0.2, 0.25) is 0 Å². The molecule has 0 fully saturated rings. The lowest BCUT2D eigenvalue weighted by molar-refractivity contribution is 0.461. The minimum absolute atomic E-state index is 0.811. The summed E-state index contributed by atoms with van der Waals surface area (Å²) in [6.45, 7) is 5.62. The topological polar surface area (TPSA) is 12.0 Å². The second kappa shape index (κ2) is 7.61. The molecule has 16 heavy (non-hydrogen) atoms. The highest BCUT2D eigenvalue weighted by Crippen LogP contribution is 2.16. The summed E-state index contributed by atoms with van der Waals surface area (Å²) in [6, 6.07) is 8.24. The average molecular weight is 237 g/mol. The molecule has 0 saturated carbocycles. The van der Waals surface area contributed by atoms with Crippen molar-refractivity contribution in [2.75, 3.05) is 11.9 Å². The summed E-state index contributed by atoms with van der Waals surface area (Å²) in [7, 11) is 0. The van der Waals surface area contributed by atoms with E-state index in [0.717, 1.165) is 17.4 Å². The SMILES string of the molecule is CCCC(CCC)CNc1ccc(S)cc1. The van der Waals surface area contributed by atoms with E-state index in [9.17, 15) is 0 Å². The Bertz CT molecular complexity index is 275. The van der Waals surface area contributed by atoms with Gasteiger partial charge >= 0.3 is 0 Å². The molecule has 1 rings (SSSR count). The molecule has 0 aromatic heterocycles. The van der Waals surface area contributed by atoms with Gasteiger partial charge < -0.3 is 5.32 Å². The van der Waals surface area contributed by atoms with Gasteiger partial charge in [-0.25, -0.2) is 0 Å². The first-order valence-corrected chi connectivity index (χ1v) is 6.73. The minimum Gasteiger partial charge on any atom is -0.385 e. The van der Waals surface area contributed by atoms with Gasteiger partial charge in [0, 0.05) is 17.1 Å². The van der Waals surface area contributed by atoms with Gasteiger partial charge in [-0.3, -0.25) is 0 Å². The number of nitrogens with one attached hydrogen (secondary N) is 1. The number of thiol groups is 1. The molecule has 0 saturated heterocycles. The van der Waals surface area contributed by atoms with Crippen LogP contribution in [0.25, 0.3) is 0 Å². The fourth-order valence-corrected chi connectivity index (χ4v) is 2.16. The van der Waals surface area contributed by atoms with E-state index in [1.165, 1.54) is 31.4 Å². The summed E-state index contributed by atoms with van der Waals surface area (Å²) in [4.78, 5) is 1.02. The highest BCUT2D eigenvalue weighted by Gasteiger charge is 2.05. The van der Waals surface area contributed by atoms with E-state index in [1.807, 2.05) is 12.1 Å². The molecule has 0 spiro atoms. The molecule has 0 amide bonds. The largest absolute Gasteiger partial charge is 0.385 e. The van der Waals surface area contributed by atoms with Crippen LogP contribution in [0.3, 0.4) is 0 Å². The Labute approximate surface area is 105 Å². The van der Waals surface area contributed by atoms with Crippen LogP contribution in [0.4, 0.5) is 5.69 Å². The average Bonchev–Trinajstić information content (AvgIpc) is 2.29. The smallest absolute Gasteiger partial charge is 0.0341 e. The van der Waals surface area contributed by atoms with E-state index < -0.39 is 0 Å². The van der Waals surface area contributed by atoms with Crippen molar-refractivity contribution in [1.29, 1.82) is 0 Å². The highest BCUT2D eigenvalue weighted by molar-refractivity contribution is 7.80. The van der Waals surface area contributed by atoms with Crippen LogP contribution in [-0.2, 0) is 0 Å². The van der Waals surface area contributed by atoms with E-state index >= 15 is 0 Å². The highest BCUT2D eigenvalue weighted by atomic mass is 32.1. The van der Waals surface area contributed by atoms with Crippen molar-refractivity contribution in [3.8, 4) is 0 Å². The fourth-order valence-electron chi connectivity index (χ4n) is 2.01. The van der Waals surface area contributed by atoms with Gasteiger partial charge in [-0.2, -0.15) is 0 Å². The lowest BCUT2D eigenvalue weighted by atomic mass is 9.98. The van der Waals surface area contributed by atoms with Gasteiger partial charge in [0.25, 0.3) is 0 Å². The van der Waals surface area contributed by atoms with Gasteiger partial charge in [0.1, 0.15) is 0 Å². The summed E-state index contributed by atoms with van der Waals surface area (Å²) >= 11 is 4.28. The predicted molar refractivity (Wildman–Crippen MR) is 75.5 cm³/mol. The molecule has 1 nitrogen and oxygen atoms in total. The van der Waals surface area contributed by atoms with Crippen molar-refractivity contribution in [3.63, 3.8) is 0 Å². The predicted octanol–water partition coefficient (Wildman–Crippen LogP) is 4.60. The molecule has 1 aromatic carbocycles. The van der Waals surface area contributed by atoms with Crippen LogP contribution >= 0.6 is 12.6 Å². The molecule has 0 aliphatic carbocycles. The molecule has 0 bridgehead atoms. The number of hydrogen-bond acceptors (Lipinski definition) is 2. The van der Waals surface area contributed by atoms with Crippen LogP contribution in [0.1, 0.15) is 39.5 Å². The second-order valence-electron chi connectivity index (χ2n) is 4.37. The van der Waals surface area contributed by atoms with Crippen molar-refractivity contribution in [3.05, 3.63) is 24.3 Å². The molecule has 0 atom stereocenters. The normalized spacial score (nSPS) is 10.8. The Hall–Kier alpha value is -0.630. The standard InChI is InChI=1S/C14H23NS/c1-3-5-12(6-4-2)11-15-13-7-9-14(16)10-8-13/h7-10,12,15-16H,3-6,11H2,1-2H3. The van der Waals surface area contributed by atoms with Gasteiger partial charge in [0.05, 0.1) is 0 Å². The van der Waals surface area contributed by atoms with E-state index in [-0.39, 0.29) is 0 Å². The number of anilines is 1. The quantitative estimate of drug-likeness (QED) is 0.660. The first kappa shape index (κ1) is 13.4. The number of benzene rings is 1. The maximum Gasteiger partial charge on any atom is 0.0341 e. The molecule has 0 aliphatic rings. The van der Waals surface area contributed by atoms with E-state index in [2.05, 4.69) is 43.9 Å². The van der Waals surface area contributed by atoms with E-state index in [4.69, 9.17) is 0 Å². The Balaban J connectivity index is 2.38. The summed E-state index contributed by atoms with van der Waals surface area (Å²) < 4.78 is 0. The summed E-state index contributed by atoms with van der Waals surface area (Å²) in [6.07, 6.45) is 5.21. The minimum atomic E-state index is 0.811. The van der Waals surface area contributed by atoms with Crippen molar-refractivity contribution in [2.24, 2.45) is 5.92 Å². The van der Waals surface area contributed by atoms with Crippen LogP contribution in [0.15, 0.2) is 29.2 Å². The molecule has 2 heteroatoms. The second-order valence-corrected chi connectivity index (χ2v) is 4.89. The first-order valence-electron chi connectivity index (χ1n) is 6.29. The maximum atomic E-state index is 4.28.